The van der Waals surface area contributed by atoms with Gasteiger partial charge in [0.2, 0.25) is 0 Å². The topological polar surface area (TPSA) is 50.4 Å². The summed E-state index contributed by atoms with van der Waals surface area (Å²) in [6.45, 7) is 7.19. The molecule has 0 unspecified atom stereocenters. The number of hydrogen-bond donors (Lipinski definition) is 2. The van der Waals surface area contributed by atoms with Gasteiger partial charge in [-0.15, -0.1) is 0 Å². The molecule has 30 heavy (non-hydrogen) atoms. The number of ether oxygens (including phenoxy) is 1. The van der Waals surface area contributed by atoms with Crippen LogP contribution in [0.4, 0.5) is 11.4 Å². The number of hydrogen-bond acceptors (Lipinski definition) is 4. The van der Waals surface area contributed by atoms with Gasteiger partial charge in [0, 0.05) is 12.1 Å². The molecule has 1 aliphatic heterocycles. The highest BCUT2D eigenvalue weighted by atomic mass is 16.5. The number of anilines is 2. The number of Topliss-reactive ketones (excluding diaryl/α,β-unsaturated/α-hetero) is 1. The van der Waals surface area contributed by atoms with E-state index in [1.165, 1.54) is 12.8 Å². The van der Waals surface area contributed by atoms with Gasteiger partial charge in [0.15, 0.2) is 0 Å². The van der Waals surface area contributed by atoms with Crippen LogP contribution in [0.2, 0.25) is 0 Å². The first-order chi connectivity index (χ1) is 14.5. The van der Waals surface area contributed by atoms with E-state index in [1.54, 1.807) is 0 Å². The molecule has 4 rings (SSSR count). The summed E-state index contributed by atoms with van der Waals surface area (Å²) in [4.78, 5) is 13.3. The van der Waals surface area contributed by atoms with Crippen LogP contribution in [-0.4, -0.2) is 12.4 Å². The highest BCUT2D eigenvalue weighted by Gasteiger charge is 2.41. The Kier molecular flexibility index (Phi) is 5.85. The molecule has 2 N–H and O–H groups in total. The lowest BCUT2D eigenvalue weighted by Gasteiger charge is -2.35. The van der Waals surface area contributed by atoms with Crippen molar-refractivity contribution in [3.05, 3.63) is 65.9 Å². The van der Waals surface area contributed by atoms with E-state index in [9.17, 15) is 4.79 Å². The predicted molar refractivity (Wildman–Crippen MR) is 123 cm³/mol. The van der Waals surface area contributed by atoms with Gasteiger partial charge in [-0.2, -0.15) is 0 Å². The van der Waals surface area contributed by atoms with E-state index >= 15 is 0 Å². The van der Waals surface area contributed by atoms with Crippen LogP contribution in [0.1, 0.15) is 58.1 Å². The molecule has 0 saturated carbocycles. The second-order valence-corrected chi connectivity index (χ2v) is 9.13. The quantitative estimate of drug-likeness (QED) is 0.552. The number of carbonyl (C=O) groups is 1. The maximum Gasteiger partial charge on any atom is 0.145 e. The molecular formula is C26H32N2O2. The van der Waals surface area contributed by atoms with Crippen molar-refractivity contribution in [2.75, 3.05) is 17.2 Å². The van der Waals surface area contributed by atoms with Crippen molar-refractivity contribution in [3.63, 3.8) is 0 Å². The van der Waals surface area contributed by atoms with Crippen molar-refractivity contribution in [1.82, 2.24) is 0 Å². The third kappa shape index (κ3) is 4.38. The first kappa shape index (κ1) is 20.5. The van der Waals surface area contributed by atoms with E-state index in [1.807, 2.05) is 24.3 Å². The molecule has 4 heteroatoms. The number of para-hydroxylation sites is 2. The van der Waals surface area contributed by atoms with Crippen LogP contribution in [0.15, 0.2) is 60.3 Å². The minimum Gasteiger partial charge on any atom is -0.494 e. The Labute approximate surface area is 179 Å². The smallest absolute Gasteiger partial charge is 0.145 e. The lowest BCUT2D eigenvalue weighted by atomic mass is 9.72. The summed E-state index contributed by atoms with van der Waals surface area (Å²) >= 11 is 0. The van der Waals surface area contributed by atoms with Gasteiger partial charge < -0.3 is 15.4 Å². The summed E-state index contributed by atoms with van der Waals surface area (Å²) in [5, 5.41) is 7.20. The number of nitrogens with one attached hydrogen (secondary N) is 2. The monoisotopic (exact) mass is 404 g/mol. The van der Waals surface area contributed by atoms with Crippen molar-refractivity contribution in [2.24, 2.45) is 11.3 Å². The van der Waals surface area contributed by atoms with Gasteiger partial charge in [-0.3, -0.25) is 4.79 Å². The van der Waals surface area contributed by atoms with E-state index in [0.717, 1.165) is 41.4 Å². The number of benzene rings is 2. The number of ketones is 1. The van der Waals surface area contributed by atoms with Crippen LogP contribution in [-0.2, 0) is 4.79 Å². The van der Waals surface area contributed by atoms with E-state index in [-0.39, 0.29) is 23.2 Å². The van der Waals surface area contributed by atoms with Crippen molar-refractivity contribution in [3.8, 4) is 5.75 Å². The Morgan fingerprint density at radius 2 is 1.77 bits per heavy atom. The molecule has 2 atom stereocenters. The summed E-state index contributed by atoms with van der Waals surface area (Å²) in [6, 6.07) is 16.3. The zero-order valence-electron chi connectivity index (χ0n) is 18.2. The molecule has 0 radical (unpaired) electrons. The molecule has 158 valence electrons. The average molecular weight is 405 g/mol. The van der Waals surface area contributed by atoms with Gasteiger partial charge in [0.1, 0.15) is 11.5 Å². The maximum atomic E-state index is 13.3. The summed E-state index contributed by atoms with van der Waals surface area (Å²) < 4.78 is 5.88. The second-order valence-electron chi connectivity index (χ2n) is 9.13. The SMILES string of the molecule is CCCCCOc1ccc([C@H]2Nc3ccccc3NC3=CC(C)(C)CC(=O)[C@@H]32)cc1. The Hall–Kier alpha value is -2.75. The van der Waals surface area contributed by atoms with E-state index in [2.05, 4.69) is 61.7 Å². The Bertz CT molecular complexity index is 930. The van der Waals surface area contributed by atoms with E-state index < -0.39 is 0 Å². The largest absolute Gasteiger partial charge is 0.494 e. The lowest BCUT2D eigenvalue weighted by molar-refractivity contribution is -0.124. The Morgan fingerprint density at radius 3 is 2.50 bits per heavy atom. The van der Waals surface area contributed by atoms with Crippen LogP contribution in [0.25, 0.3) is 0 Å². The van der Waals surface area contributed by atoms with Crippen LogP contribution < -0.4 is 15.4 Å². The zero-order chi connectivity index (χ0) is 21.1. The highest BCUT2D eigenvalue weighted by molar-refractivity contribution is 5.90. The zero-order valence-corrected chi connectivity index (χ0v) is 18.2. The van der Waals surface area contributed by atoms with Gasteiger partial charge in [-0.25, -0.2) is 0 Å². The number of carbonyl (C=O) groups excluding carboxylic acids is 1. The van der Waals surface area contributed by atoms with Gasteiger partial charge in [-0.1, -0.05) is 64.0 Å². The molecule has 1 aliphatic carbocycles. The second kappa shape index (κ2) is 8.55. The molecule has 4 nitrogen and oxygen atoms in total. The molecule has 2 aromatic rings. The van der Waals surface area contributed by atoms with Gasteiger partial charge in [0.25, 0.3) is 0 Å². The van der Waals surface area contributed by atoms with Crippen LogP contribution >= 0.6 is 0 Å². The van der Waals surface area contributed by atoms with Crippen molar-refractivity contribution in [2.45, 2.75) is 52.5 Å². The molecule has 0 aromatic heterocycles. The average Bonchev–Trinajstić information content (AvgIpc) is 2.87. The standard InChI is InChI=1S/C26H32N2O2/c1-4-5-8-15-30-19-13-11-18(12-14-19)25-24-22(16-26(2,3)17-23(24)29)27-20-9-6-7-10-21(20)28-25/h6-7,9-14,16,24-25,27-28H,4-5,8,15,17H2,1-3H3/t24-,25-/m1/s1. The molecule has 1 heterocycles. The molecule has 0 bridgehead atoms. The molecular weight excluding hydrogens is 372 g/mol. The van der Waals surface area contributed by atoms with E-state index in [0.29, 0.717) is 6.42 Å². The van der Waals surface area contributed by atoms with Crippen molar-refractivity contribution < 1.29 is 9.53 Å². The van der Waals surface area contributed by atoms with Gasteiger partial charge in [-0.05, 0) is 41.7 Å². The number of allylic oxidation sites excluding steroid dienone is 1. The van der Waals surface area contributed by atoms with E-state index in [4.69, 9.17) is 4.74 Å². The number of fused-ring (bicyclic) bond motifs is 2. The van der Waals surface area contributed by atoms with Crippen LogP contribution in [0.5, 0.6) is 5.75 Å². The minimum atomic E-state index is -0.234. The minimum absolute atomic E-state index is 0.120. The third-order valence-electron chi connectivity index (χ3n) is 5.96. The molecule has 2 aliphatic rings. The summed E-state index contributed by atoms with van der Waals surface area (Å²) in [5.74, 6) is 0.922. The van der Waals surface area contributed by atoms with Gasteiger partial charge in [0.05, 0.1) is 29.9 Å². The molecule has 0 amide bonds. The van der Waals surface area contributed by atoms with Crippen molar-refractivity contribution >= 4 is 17.2 Å². The molecule has 0 spiro atoms. The Balaban J connectivity index is 1.65. The fraction of sp³-hybridized carbons (Fsp3) is 0.423. The van der Waals surface area contributed by atoms with Crippen LogP contribution in [0, 0.1) is 11.3 Å². The van der Waals surface area contributed by atoms with Gasteiger partial charge >= 0.3 is 0 Å². The third-order valence-corrected chi connectivity index (χ3v) is 5.96. The molecule has 0 fully saturated rings. The summed E-state index contributed by atoms with van der Waals surface area (Å²) in [5.41, 5.74) is 3.98. The lowest BCUT2D eigenvalue weighted by Crippen LogP contribution is -2.36. The number of unbranched alkanes of at least 4 members (excludes halogenated alkanes) is 2. The maximum absolute atomic E-state index is 13.3. The van der Waals surface area contributed by atoms with Crippen molar-refractivity contribution in [1.29, 1.82) is 0 Å². The highest BCUT2D eigenvalue weighted by Crippen LogP contribution is 2.45. The normalized spacial score (nSPS) is 22.0. The summed E-state index contributed by atoms with van der Waals surface area (Å²) in [7, 11) is 0. The summed E-state index contributed by atoms with van der Waals surface area (Å²) in [6.07, 6.45) is 6.24. The molecule has 0 saturated heterocycles. The number of rotatable bonds is 6. The fourth-order valence-electron chi connectivity index (χ4n) is 4.49. The van der Waals surface area contributed by atoms with Crippen LogP contribution in [0.3, 0.4) is 0 Å². The first-order valence-corrected chi connectivity index (χ1v) is 11.1. The Morgan fingerprint density at radius 1 is 1.03 bits per heavy atom. The predicted octanol–water partition coefficient (Wildman–Crippen LogP) is 6.33. The first-order valence-electron chi connectivity index (χ1n) is 11.1. The fourth-order valence-corrected chi connectivity index (χ4v) is 4.49. The molecule has 2 aromatic carbocycles.